The highest BCUT2D eigenvalue weighted by molar-refractivity contribution is 5.79. The van der Waals surface area contributed by atoms with Gasteiger partial charge >= 0.3 is 0 Å². The molecule has 0 spiro atoms. The van der Waals surface area contributed by atoms with E-state index in [0.717, 1.165) is 29.1 Å². The third-order valence-electron chi connectivity index (χ3n) is 3.15. The van der Waals surface area contributed by atoms with Gasteiger partial charge in [0.15, 0.2) is 0 Å². The normalized spacial score (nSPS) is 10.9. The number of anilines is 1. The van der Waals surface area contributed by atoms with Crippen molar-refractivity contribution in [3.8, 4) is 0 Å². The van der Waals surface area contributed by atoms with Gasteiger partial charge < -0.3 is 10.3 Å². The summed E-state index contributed by atoms with van der Waals surface area (Å²) in [6, 6.07) is 16.2. The third-order valence-corrected chi connectivity index (χ3v) is 3.15. The van der Waals surface area contributed by atoms with Crippen LogP contribution in [0.2, 0.25) is 0 Å². The van der Waals surface area contributed by atoms with Crippen molar-refractivity contribution in [3.63, 3.8) is 0 Å². The van der Waals surface area contributed by atoms with Crippen LogP contribution in [0.1, 0.15) is 11.4 Å². The Balaban J connectivity index is 2.11. The Kier molecular flexibility index (Phi) is 2.52. The highest BCUT2D eigenvalue weighted by Gasteiger charge is 2.07. The van der Waals surface area contributed by atoms with E-state index in [4.69, 9.17) is 5.73 Å². The molecule has 3 nitrogen and oxygen atoms in total. The number of fused-ring (bicyclic) bond motifs is 1. The van der Waals surface area contributed by atoms with Gasteiger partial charge in [0, 0.05) is 12.2 Å². The number of rotatable bonds is 2. The van der Waals surface area contributed by atoms with Crippen molar-refractivity contribution in [1.82, 2.24) is 9.55 Å². The third kappa shape index (κ3) is 1.84. The van der Waals surface area contributed by atoms with E-state index in [0.29, 0.717) is 0 Å². The molecule has 0 saturated heterocycles. The van der Waals surface area contributed by atoms with Crippen LogP contribution in [-0.4, -0.2) is 9.55 Å². The van der Waals surface area contributed by atoms with Crippen molar-refractivity contribution >= 4 is 16.7 Å². The SMILES string of the molecule is Cc1nc2ccc(N)cc2n1Cc1ccccc1. The average molecular weight is 237 g/mol. The number of aromatic nitrogens is 2. The van der Waals surface area contributed by atoms with Crippen molar-refractivity contribution in [2.75, 3.05) is 5.73 Å². The van der Waals surface area contributed by atoms with Crippen molar-refractivity contribution in [3.05, 3.63) is 59.9 Å². The van der Waals surface area contributed by atoms with Crippen LogP contribution in [-0.2, 0) is 6.54 Å². The number of nitrogens with zero attached hydrogens (tertiary/aromatic N) is 2. The number of hydrogen-bond donors (Lipinski definition) is 1. The topological polar surface area (TPSA) is 43.8 Å². The van der Waals surface area contributed by atoms with Crippen molar-refractivity contribution in [2.45, 2.75) is 13.5 Å². The zero-order chi connectivity index (χ0) is 12.5. The van der Waals surface area contributed by atoms with Gasteiger partial charge in [-0.1, -0.05) is 30.3 Å². The lowest BCUT2D eigenvalue weighted by Gasteiger charge is -2.07. The molecule has 2 aromatic carbocycles. The Bertz CT molecular complexity index is 684. The molecule has 0 aliphatic heterocycles. The summed E-state index contributed by atoms with van der Waals surface area (Å²) in [5.41, 5.74) is 9.99. The number of aryl methyl sites for hydroxylation is 1. The van der Waals surface area contributed by atoms with Gasteiger partial charge in [-0.3, -0.25) is 0 Å². The lowest BCUT2D eigenvalue weighted by Crippen LogP contribution is -2.01. The number of imidazole rings is 1. The first-order valence-corrected chi connectivity index (χ1v) is 6.00. The van der Waals surface area contributed by atoms with E-state index < -0.39 is 0 Å². The summed E-state index contributed by atoms with van der Waals surface area (Å²) in [6.45, 7) is 2.85. The molecule has 1 heterocycles. The number of benzene rings is 2. The molecule has 0 atom stereocenters. The minimum atomic E-state index is 0.775. The fraction of sp³-hybridized carbons (Fsp3) is 0.133. The molecule has 3 rings (SSSR count). The van der Waals surface area contributed by atoms with Crippen molar-refractivity contribution in [1.29, 1.82) is 0 Å². The molecule has 0 aliphatic carbocycles. The largest absolute Gasteiger partial charge is 0.399 e. The van der Waals surface area contributed by atoms with Gasteiger partial charge in [0.1, 0.15) is 5.82 Å². The van der Waals surface area contributed by atoms with Crippen LogP contribution >= 0.6 is 0 Å². The van der Waals surface area contributed by atoms with E-state index in [-0.39, 0.29) is 0 Å². The van der Waals surface area contributed by atoms with Crippen LogP contribution in [0.3, 0.4) is 0 Å². The molecule has 3 heteroatoms. The molecule has 0 radical (unpaired) electrons. The van der Waals surface area contributed by atoms with Crippen molar-refractivity contribution in [2.24, 2.45) is 0 Å². The number of nitrogens with two attached hydrogens (primary N) is 1. The summed E-state index contributed by atoms with van der Waals surface area (Å²) in [5.74, 6) is 1.01. The molecule has 0 amide bonds. The molecule has 0 unspecified atom stereocenters. The van der Waals surface area contributed by atoms with Gasteiger partial charge in [0.05, 0.1) is 11.0 Å². The summed E-state index contributed by atoms with van der Waals surface area (Å²) in [4.78, 5) is 4.56. The van der Waals surface area contributed by atoms with Crippen LogP contribution in [0, 0.1) is 6.92 Å². The Labute approximate surface area is 106 Å². The Morgan fingerprint density at radius 2 is 1.89 bits per heavy atom. The standard InChI is InChI=1S/C15H15N3/c1-11-17-14-8-7-13(16)9-15(14)18(11)10-12-5-3-2-4-6-12/h2-9H,10,16H2,1H3. The van der Waals surface area contributed by atoms with Gasteiger partial charge in [-0.2, -0.15) is 0 Å². The molecule has 0 saturated carbocycles. The summed E-state index contributed by atoms with van der Waals surface area (Å²) < 4.78 is 2.20. The van der Waals surface area contributed by atoms with E-state index in [9.17, 15) is 0 Å². The Hall–Kier alpha value is -2.29. The van der Waals surface area contributed by atoms with Crippen LogP contribution < -0.4 is 5.73 Å². The fourth-order valence-corrected chi connectivity index (χ4v) is 2.23. The monoisotopic (exact) mass is 237 g/mol. The highest BCUT2D eigenvalue weighted by atomic mass is 15.1. The second kappa shape index (κ2) is 4.18. The zero-order valence-electron chi connectivity index (χ0n) is 10.3. The molecule has 0 bridgehead atoms. The number of hydrogen-bond acceptors (Lipinski definition) is 2. The molecular weight excluding hydrogens is 222 g/mol. The number of nitrogen functional groups attached to an aromatic ring is 1. The fourth-order valence-electron chi connectivity index (χ4n) is 2.23. The lowest BCUT2D eigenvalue weighted by molar-refractivity contribution is 0.786. The minimum Gasteiger partial charge on any atom is -0.399 e. The second-order valence-corrected chi connectivity index (χ2v) is 4.48. The van der Waals surface area contributed by atoms with Crippen LogP contribution in [0.5, 0.6) is 0 Å². The first-order valence-electron chi connectivity index (χ1n) is 6.00. The lowest BCUT2D eigenvalue weighted by atomic mass is 10.2. The van der Waals surface area contributed by atoms with E-state index >= 15 is 0 Å². The van der Waals surface area contributed by atoms with E-state index in [1.807, 2.05) is 31.2 Å². The molecule has 0 aliphatic rings. The molecule has 1 aromatic heterocycles. The van der Waals surface area contributed by atoms with Crippen LogP contribution in [0.4, 0.5) is 5.69 Å². The molecule has 2 N–H and O–H groups in total. The maximum atomic E-state index is 5.85. The highest BCUT2D eigenvalue weighted by Crippen LogP contribution is 2.20. The minimum absolute atomic E-state index is 0.775. The maximum absolute atomic E-state index is 5.85. The Morgan fingerprint density at radius 1 is 1.11 bits per heavy atom. The van der Waals surface area contributed by atoms with Gasteiger partial charge in [-0.25, -0.2) is 4.98 Å². The first kappa shape index (κ1) is 10.8. The van der Waals surface area contributed by atoms with Gasteiger partial charge in [0.2, 0.25) is 0 Å². The van der Waals surface area contributed by atoms with E-state index in [2.05, 4.69) is 33.8 Å². The predicted octanol–water partition coefficient (Wildman–Crippen LogP) is 2.98. The second-order valence-electron chi connectivity index (χ2n) is 4.48. The first-order chi connectivity index (χ1) is 8.74. The maximum Gasteiger partial charge on any atom is 0.107 e. The molecular formula is C15H15N3. The van der Waals surface area contributed by atoms with Crippen LogP contribution in [0.25, 0.3) is 11.0 Å². The van der Waals surface area contributed by atoms with Crippen LogP contribution in [0.15, 0.2) is 48.5 Å². The quantitative estimate of drug-likeness (QED) is 0.696. The molecule has 3 aromatic rings. The van der Waals surface area contributed by atoms with Gasteiger partial charge in [-0.15, -0.1) is 0 Å². The molecule has 18 heavy (non-hydrogen) atoms. The average Bonchev–Trinajstić information content (AvgIpc) is 2.67. The molecule has 90 valence electrons. The predicted molar refractivity (Wildman–Crippen MR) is 74.4 cm³/mol. The molecule has 0 fully saturated rings. The summed E-state index contributed by atoms with van der Waals surface area (Å²) in [6.07, 6.45) is 0. The summed E-state index contributed by atoms with van der Waals surface area (Å²) in [7, 11) is 0. The van der Waals surface area contributed by atoms with E-state index in [1.54, 1.807) is 0 Å². The smallest absolute Gasteiger partial charge is 0.107 e. The van der Waals surface area contributed by atoms with Crippen molar-refractivity contribution < 1.29 is 0 Å². The van der Waals surface area contributed by atoms with E-state index in [1.165, 1.54) is 5.56 Å². The summed E-state index contributed by atoms with van der Waals surface area (Å²) >= 11 is 0. The van der Waals surface area contributed by atoms with Gasteiger partial charge in [-0.05, 0) is 30.7 Å². The van der Waals surface area contributed by atoms with Gasteiger partial charge in [0.25, 0.3) is 0 Å². The summed E-state index contributed by atoms with van der Waals surface area (Å²) in [5, 5.41) is 0. The zero-order valence-corrected chi connectivity index (χ0v) is 10.3. The Morgan fingerprint density at radius 3 is 2.67 bits per heavy atom.